The Morgan fingerprint density at radius 1 is 1.00 bits per heavy atom. The Morgan fingerprint density at radius 3 is 2.40 bits per heavy atom. The van der Waals surface area contributed by atoms with Gasteiger partial charge in [-0.1, -0.05) is 13.3 Å². The average molecular weight is 607 g/mol. The summed E-state index contributed by atoms with van der Waals surface area (Å²) < 4.78 is 52.2. The van der Waals surface area contributed by atoms with Gasteiger partial charge in [0.25, 0.3) is 5.56 Å². The van der Waals surface area contributed by atoms with Crippen molar-refractivity contribution in [2.45, 2.75) is 31.6 Å². The van der Waals surface area contributed by atoms with Gasteiger partial charge in [0.2, 0.25) is 10.0 Å². The molecule has 0 aliphatic carbocycles. The summed E-state index contributed by atoms with van der Waals surface area (Å²) in [6.45, 7) is 9.56. The van der Waals surface area contributed by atoms with Gasteiger partial charge >= 0.3 is 0 Å². The first-order valence-corrected chi connectivity index (χ1v) is 15.8. The number of hydrogen-bond donors (Lipinski definition) is 1. The molecule has 14 heteroatoms. The van der Waals surface area contributed by atoms with Gasteiger partial charge in [0.1, 0.15) is 17.1 Å². The highest BCUT2D eigenvalue weighted by atomic mass is 32.2. The van der Waals surface area contributed by atoms with E-state index < -0.39 is 10.0 Å². The lowest BCUT2D eigenvalue weighted by Gasteiger charge is -2.34. The van der Waals surface area contributed by atoms with Crippen LogP contribution in [0.3, 0.4) is 0 Å². The van der Waals surface area contributed by atoms with Crippen molar-refractivity contribution in [3.05, 3.63) is 34.2 Å². The van der Waals surface area contributed by atoms with Crippen molar-refractivity contribution >= 4 is 21.1 Å². The third kappa shape index (κ3) is 7.54. The van der Waals surface area contributed by atoms with E-state index in [-0.39, 0.29) is 16.3 Å². The summed E-state index contributed by atoms with van der Waals surface area (Å²) in [5.74, 6) is 0.682. The van der Waals surface area contributed by atoms with E-state index in [0.717, 1.165) is 18.7 Å². The van der Waals surface area contributed by atoms with E-state index >= 15 is 0 Å². The minimum atomic E-state index is -3.80. The number of sulfonamides is 1. The van der Waals surface area contributed by atoms with Crippen molar-refractivity contribution in [2.75, 3.05) is 79.5 Å². The molecule has 232 valence electrons. The van der Waals surface area contributed by atoms with E-state index in [0.29, 0.717) is 94.6 Å². The summed E-state index contributed by atoms with van der Waals surface area (Å²) in [5.41, 5.74) is 1.67. The average Bonchev–Trinajstić information content (AvgIpc) is 3.30. The maximum Gasteiger partial charge on any atom is 0.277 e. The molecular formula is C28H42N6O7S. The third-order valence-corrected chi connectivity index (χ3v) is 8.97. The van der Waals surface area contributed by atoms with Gasteiger partial charge in [-0.2, -0.15) is 9.40 Å². The van der Waals surface area contributed by atoms with E-state index in [1.165, 1.54) is 15.1 Å². The van der Waals surface area contributed by atoms with Crippen LogP contribution >= 0.6 is 0 Å². The van der Waals surface area contributed by atoms with E-state index in [9.17, 15) is 13.2 Å². The minimum absolute atomic E-state index is 0.119. The fourth-order valence-corrected chi connectivity index (χ4v) is 6.36. The highest BCUT2D eigenvalue weighted by Crippen LogP contribution is 2.32. The highest BCUT2D eigenvalue weighted by molar-refractivity contribution is 7.89. The van der Waals surface area contributed by atoms with Crippen LogP contribution in [0.15, 0.2) is 27.9 Å². The number of ether oxygens (including phenoxy) is 4. The number of aryl methyl sites for hydroxylation is 2. The molecule has 0 atom stereocenters. The molecule has 1 saturated heterocycles. The molecule has 0 radical (unpaired) electrons. The maximum atomic E-state index is 13.7. The lowest BCUT2D eigenvalue weighted by Crippen LogP contribution is -2.49. The number of aromatic amines is 1. The van der Waals surface area contributed by atoms with Gasteiger partial charge in [0.15, 0.2) is 5.52 Å². The van der Waals surface area contributed by atoms with Crippen molar-refractivity contribution in [2.24, 2.45) is 7.05 Å². The molecule has 42 heavy (non-hydrogen) atoms. The number of nitrogens with one attached hydrogen (secondary N) is 1. The third-order valence-electron chi connectivity index (χ3n) is 7.08. The normalized spacial score (nSPS) is 15.0. The Bertz CT molecular complexity index is 1480. The second kappa shape index (κ2) is 15.0. The van der Waals surface area contributed by atoms with Crippen molar-refractivity contribution in [3.8, 4) is 17.1 Å². The molecule has 0 saturated carbocycles. The topological polar surface area (TPSA) is 141 Å². The van der Waals surface area contributed by atoms with Gasteiger partial charge in [-0.15, -0.1) is 0 Å². The van der Waals surface area contributed by atoms with Crippen LogP contribution < -0.4 is 10.3 Å². The molecule has 0 bridgehead atoms. The van der Waals surface area contributed by atoms with Gasteiger partial charge < -0.3 is 23.9 Å². The van der Waals surface area contributed by atoms with Crippen molar-refractivity contribution < 1.29 is 27.4 Å². The van der Waals surface area contributed by atoms with E-state index in [2.05, 4.69) is 15.0 Å². The number of aromatic nitrogens is 4. The first kappa shape index (κ1) is 32.0. The van der Waals surface area contributed by atoms with Crippen molar-refractivity contribution in [1.82, 2.24) is 29.0 Å². The monoisotopic (exact) mass is 606 g/mol. The summed E-state index contributed by atoms with van der Waals surface area (Å²) in [5, 5.41) is 4.48. The number of piperazine rings is 1. The molecule has 3 aromatic rings. The van der Waals surface area contributed by atoms with Crippen LogP contribution in [0.25, 0.3) is 22.4 Å². The Kier molecular flexibility index (Phi) is 11.5. The van der Waals surface area contributed by atoms with Crippen LogP contribution in [0.1, 0.15) is 26.0 Å². The largest absolute Gasteiger partial charge is 0.493 e. The number of hydrogen-bond acceptors (Lipinski definition) is 10. The summed E-state index contributed by atoms with van der Waals surface area (Å²) in [7, 11) is -0.451. The summed E-state index contributed by atoms with van der Waals surface area (Å²) in [4.78, 5) is 22.9. The molecule has 0 amide bonds. The number of fused-ring (bicyclic) bond motifs is 1. The lowest BCUT2D eigenvalue weighted by molar-refractivity contribution is 0.0177. The van der Waals surface area contributed by atoms with Crippen LogP contribution in [-0.4, -0.2) is 117 Å². The Labute approximate surface area is 246 Å². The van der Waals surface area contributed by atoms with Crippen molar-refractivity contribution in [3.63, 3.8) is 0 Å². The zero-order chi connectivity index (χ0) is 30.1. The van der Waals surface area contributed by atoms with Crippen LogP contribution in [0.4, 0.5) is 0 Å². The molecule has 1 fully saturated rings. The maximum absolute atomic E-state index is 13.7. The molecule has 1 aliphatic rings. The Hall–Kier alpha value is -2.88. The molecule has 3 heterocycles. The summed E-state index contributed by atoms with van der Waals surface area (Å²) >= 11 is 0. The van der Waals surface area contributed by atoms with E-state index in [1.54, 1.807) is 26.3 Å². The molecule has 1 N–H and O–H groups in total. The van der Waals surface area contributed by atoms with E-state index in [4.69, 9.17) is 23.9 Å². The van der Waals surface area contributed by atoms with Gasteiger partial charge in [0.05, 0.1) is 55.8 Å². The van der Waals surface area contributed by atoms with Gasteiger partial charge in [-0.05, 0) is 31.5 Å². The van der Waals surface area contributed by atoms with Gasteiger partial charge in [-0.25, -0.2) is 13.4 Å². The SMILES string of the molecule is CCCc1nn(C)c2c(=O)[nH]c(-c3cc(S(=O)(=O)N4CCN(CCOCCOCCOC)CC4)ccc3OCC)nc12. The van der Waals surface area contributed by atoms with Crippen LogP contribution in [0.2, 0.25) is 0 Å². The lowest BCUT2D eigenvalue weighted by atomic mass is 10.1. The minimum Gasteiger partial charge on any atom is -0.493 e. The quantitative estimate of drug-likeness (QED) is 0.239. The molecule has 0 unspecified atom stereocenters. The zero-order valence-corrected chi connectivity index (χ0v) is 25.7. The van der Waals surface area contributed by atoms with Crippen LogP contribution in [0, 0.1) is 0 Å². The number of benzene rings is 1. The fraction of sp³-hybridized carbons (Fsp3) is 0.607. The second-order valence-corrected chi connectivity index (χ2v) is 11.9. The Balaban J connectivity index is 1.47. The number of H-pyrrole nitrogens is 1. The molecule has 13 nitrogen and oxygen atoms in total. The van der Waals surface area contributed by atoms with Crippen LogP contribution in [-0.2, 0) is 37.7 Å². The fourth-order valence-electron chi connectivity index (χ4n) is 4.92. The summed E-state index contributed by atoms with van der Waals surface area (Å²) in [6, 6.07) is 4.70. The van der Waals surface area contributed by atoms with Crippen molar-refractivity contribution in [1.29, 1.82) is 0 Å². The first-order valence-electron chi connectivity index (χ1n) is 14.4. The molecule has 1 aromatic carbocycles. The Morgan fingerprint density at radius 2 is 1.71 bits per heavy atom. The predicted molar refractivity (Wildman–Crippen MR) is 158 cm³/mol. The van der Waals surface area contributed by atoms with Gasteiger partial charge in [0, 0.05) is 46.9 Å². The zero-order valence-electron chi connectivity index (χ0n) is 24.9. The summed E-state index contributed by atoms with van der Waals surface area (Å²) in [6.07, 6.45) is 1.51. The smallest absolute Gasteiger partial charge is 0.277 e. The molecule has 2 aromatic heterocycles. The number of methoxy groups -OCH3 is 1. The predicted octanol–water partition coefficient (Wildman–Crippen LogP) is 1.66. The van der Waals surface area contributed by atoms with E-state index in [1.807, 2.05) is 13.8 Å². The molecule has 4 rings (SSSR count). The molecular weight excluding hydrogens is 564 g/mol. The molecule has 1 aliphatic heterocycles. The van der Waals surface area contributed by atoms with Crippen LogP contribution in [0.5, 0.6) is 5.75 Å². The number of nitrogens with zero attached hydrogens (tertiary/aromatic N) is 5. The second-order valence-electron chi connectivity index (χ2n) is 9.99. The highest BCUT2D eigenvalue weighted by Gasteiger charge is 2.29. The number of rotatable bonds is 16. The van der Waals surface area contributed by atoms with Gasteiger partial charge in [-0.3, -0.25) is 14.4 Å². The standard InChI is InChI=1S/C28H42N6O7S/c1-5-7-23-25-26(32(3)31-23)28(35)30-27(29-25)22-20-21(8-9-24(22)41-6-2)42(36,37)34-12-10-33(11-13-34)14-15-39-18-19-40-17-16-38-4/h8-9,20H,5-7,10-19H2,1-4H3,(H,29,30,35). The molecule has 0 spiro atoms. The first-order chi connectivity index (χ1) is 20.3.